The molecule has 3 rings (SSSR count). The Hall–Kier alpha value is -1.51. The molecular formula is C12H13NO2. The zero-order valence-electron chi connectivity index (χ0n) is 8.67. The third-order valence-electron chi connectivity index (χ3n) is 3.49. The number of carbonyl (C=O) groups is 1. The lowest BCUT2D eigenvalue weighted by Crippen LogP contribution is -2.57. The molecule has 1 heterocycles. The smallest absolute Gasteiger partial charge is 0.223 e. The Morgan fingerprint density at radius 3 is 2.93 bits per heavy atom. The van der Waals surface area contributed by atoms with Crippen molar-refractivity contribution in [2.45, 2.75) is 24.8 Å². The fraction of sp³-hybridized carbons (Fsp3) is 0.417. The van der Waals surface area contributed by atoms with Gasteiger partial charge in [-0.15, -0.1) is 0 Å². The maximum absolute atomic E-state index is 11.1. The Morgan fingerprint density at radius 1 is 1.47 bits per heavy atom. The van der Waals surface area contributed by atoms with Gasteiger partial charge in [0.25, 0.3) is 0 Å². The molecule has 1 saturated heterocycles. The third-order valence-corrected chi connectivity index (χ3v) is 3.49. The van der Waals surface area contributed by atoms with E-state index in [1.54, 1.807) is 7.11 Å². The SMILES string of the molecule is COc1ccc2c(c1)C1(CC2)CC(=O)N1. The van der Waals surface area contributed by atoms with Crippen LogP contribution in [0.25, 0.3) is 0 Å². The molecule has 1 aliphatic carbocycles. The van der Waals surface area contributed by atoms with E-state index in [1.165, 1.54) is 11.1 Å². The summed E-state index contributed by atoms with van der Waals surface area (Å²) < 4.78 is 5.22. The Bertz CT molecular complexity index is 431. The normalized spacial score (nSPS) is 27.1. The van der Waals surface area contributed by atoms with Gasteiger partial charge in [-0.3, -0.25) is 4.79 Å². The quantitative estimate of drug-likeness (QED) is 0.700. The van der Waals surface area contributed by atoms with E-state index < -0.39 is 0 Å². The molecule has 1 aromatic carbocycles. The summed E-state index contributed by atoms with van der Waals surface area (Å²) in [6, 6.07) is 6.15. The van der Waals surface area contributed by atoms with E-state index in [1.807, 2.05) is 6.07 Å². The third kappa shape index (κ3) is 1.09. The molecule has 2 aliphatic rings. The van der Waals surface area contributed by atoms with Crippen molar-refractivity contribution in [2.24, 2.45) is 0 Å². The number of methoxy groups -OCH3 is 1. The molecule has 1 aromatic rings. The van der Waals surface area contributed by atoms with Gasteiger partial charge >= 0.3 is 0 Å². The minimum absolute atomic E-state index is 0.0685. The number of rotatable bonds is 1. The highest BCUT2D eigenvalue weighted by molar-refractivity contribution is 5.86. The molecular weight excluding hydrogens is 190 g/mol. The molecule has 0 bridgehead atoms. The molecule has 1 fully saturated rings. The molecule has 78 valence electrons. The van der Waals surface area contributed by atoms with Gasteiger partial charge in [-0.2, -0.15) is 0 Å². The molecule has 0 aromatic heterocycles. The average Bonchev–Trinajstić information content (AvgIpc) is 2.57. The molecule has 1 atom stereocenters. The zero-order chi connectivity index (χ0) is 10.5. The Morgan fingerprint density at radius 2 is 2.27 bits per heavy atom. The van der Waals surface area contributed by atoms with Crippen molar-refractivity contribution in [3.05, 3.63) is 29.3 Å². The number of nitrogens with one attached hydrogen (secondary N) is 1. The van der Waals surface area contributed by atoms with E-state index in [4.69, 9.17) is 4.74 Å². The number of hydrogen-bond acceptors (Lipinski definition) is 2. The number of ether oxygens (including phenoxy) is 1. The van der Waals surface area contributed by atoms with Crippen LogP contribution >= 0.6 is 0 Å². The molecule has 1 aliphatic heterocycles. The van der Waals surface area contributed by atoms with E-state index in [0.717, 1.165) is 18.6 Å². The van der Waals surface area contributed by atoms with Gasteiger partial charge in [0.1, 0.15) is 5.75 Å². The minimum atomic E-state index is -0.0685. The van der Waals surface area contributed by atoms with Gasteiger partial charge < -0.3 is 10.1 Å². The van der Waals surface area contributed by atoms with Crippen LogP contribution in [0.4, 0.5) is 0 Å². The first-order valence-electron chi connectivity index (χ1n) is 5.22. The fourth-order valence-corrected chi connectivity index (χ4v) is 2.66. The number of β-lactam (4-membered cyclic amide) rings is 1. The standard InChI is InChI=1S/C12H13NO2/c1-15-9-3-2-8-4-5-12(10(8)6-9)7-11(14)13-12/h2-3,6H,4-5,7H2,1H3,(H,13,14). The number of benzene rings is 1. The Balaban J connectivity index is 2.05. The number of amides is 1. The van der Waals surface area contributed by atoms with Crippen LogP contribution in [-0.4, -0.2) is 13.0 Å². The summed E-state index contributed by atoms with van der Waals surface area (Å²) in [6.45, 7) is 0. The number of carbonyl (C=O) groups excluding carboxylic acids is 1. The van der Waals surface area contributed by atoms with Gasteiger partial charge in [0.05, 0.1) is 19.1 Å². The summed E-state index contributed by atoms with van der Waals surface area (Å²) in [6.07, 6.45) is 2.72. The van der Waals surface area contributed by atoms with Gasteiger partial charge in [-0.1, -0.05) is 6.07 Å². The second-order valence-electron chi connectivity index (χ2n) is 4.33. The van der Waals surface area contributed by atoms with Crippen LogP contribution < -0.4 is 10.1 Å². The molecule has 3 nitrogen and oxygen atoms in total. The van der Waals surface area contributed by atoms with Crippen LogP contribution in [-0.2, 0) is 16.8 Å². The first-order chi connectivity index (χ1) is 7.23. The first-order valence-corrected chi connectivity index (χ1v) is 5.22. The van der Waals surface area contributed by atoms with Crippen molar-refractivity contribution in [1.82, 2.24) is 5.32 Å². The van der Waals surface area contributed by atoms with Gasteiger partial charge in [-0.05, 0) is 36.1 Å². The summed E-state index contributed by atoms with van der Waals surface area (Å²) in [5, 5.41) is 3.03. The van der Waals surface area contributed by atoms with Crippen molar-refractivity contribution < 1.29 is 9.53 Å². The lowest BCUT2D eigenvalue weighted by molar-refractivity contribution is -0.133. The Labute approximate surface area is 88.4 Å². The highest BCUT2D eigenvalue weighted by Gasteiger charge is 2.48. The monoisotopic (exact) mass is 203 g/mol. The molecule has 1 amide bonds. The summed E-state index contributed by atoms with van der Waals surface area (Å²) >= 11 is 0. The molecule has 3 heteroatoms. The van der Waals surface area contributed by atoms with Crippen LogP contribution in [0.2, 0.25) is 0 Å². The van der Waals surface area contributed by atoms with E-state index in [2.05, 4.69) is 17.4 Å². The summed E-state index contributed by atoms with van der Waals surface area (Å²) in [5.41, 5.74) is 2.53. The molecule has 15 heavy (non-hydrogen) atoms. The predicted octanol–water partition coefficient (Wildman–Crippen LogP) is 1.36. The van der Waals surface area contributed by atoms with Crippen molar-refractivity contribution in [3.63, 3.8) is 0 Å². The van der Waals surface area contributed by atoms with Gasteiger partial charge in [-0.25, -0.2) is 0 Å². The van der Waals surface area contributed by atoms with Crippen LogP contribution in [0.15, 0.2) is 18.2 Å². The van der Waals surface area contributed by atoms with Crippen LogP contribution in [0, 0.1) is 0 Å². The second-order valence-corrected chi connectivity index (χ2v) is 4.33. The lowest BCUT2D eigenvalue weighted by Gasteiger charge is -2.39. The van der Waals surface area contributed by atoms with Crippen LogP contribution in [0.1, 0.15) is 24.0 Å². The van der Waals surface area contributed by atoms with E-state index in [9.17, 15) is 4.79 Å². The van der Waals surface area contributed by atoms with Gasteiger partial charge in [0.15, 0.2) is 0 Å². The topological polar surface area (TPSA) is 38.3 Å². The predicted molar refractivity (Wildman–Crippen MR) is 55.8 cm³/mol. The fourth-order valence-electron chi connectivity index (χ4n) is 2.66. The van der Waals surface area contributed by atoms with Crippen molar-refractivity contribution >= 4 is 5.91 Å². The summed E-state index contributed by atoms with van der Waals surface area (Å²) in [5.74, 6) is 1.03. The van der Waals surface area contributed by atoms with Crippen molar-refractivity contribution in [1.29, 1.82) is 0 Å². The highest BCUT2D eigenvalue weighted by Crippen LogP contribution is 2.45. The van der Waals surface area contributed by atoms with E-state index in [0.29, 0.717) is 6.42 Å². The average molecular weight is 203 g/mol. The maximum atomic E-state index is 11.1. The second kappa shape index (κ2) is 2.75. The Kier molecular flexibility index (Phi) is 1.61. The summed E-state index contributed by atoms with van der Waals surface area (Å²) in [7, 11) is 1.67. The van der Waals surface area contributed by atoms with Crippen molar-refractivity contribution in [2.75, 3.05) is 7.11 Å². The van der Waals surface area contributed by atoms with Gasteiger partial charge in [0.2, 0.25) is 5.91 Å². The molecule has 1 N–H and O–H groups in total. The van der Waals surface area contributed by atoms with Crippen molar-refractivity contribution in [3.8, 4) is 5.75 Å². The largest absolute Gasteiger partial charge is 0.497 e. The zero-order valence-corrected chi connectivity index (χ0v) is 8.67. The van der Waals surface area contributed by atoms with Crippen LogP contribution in [0.5, 0.6) is 5.75 Å². The van der Waals surface area contributed by atoms with E-state index in [-0.39, 0.29) is 11.4 Å². The number of fused-ring (bicyclic) bond motifs is 2. The number of aryl methyl sites for hydroxylation is 1. The van der Waals surface area contributed by atoms with Crippen LogP contribution in [0.3, 0.4) is 0 Å². The first kappa shape index (κ1) is 8.77. The highest BCUT2D eigenvalue weighted by atomic mass is 16.5. The van der Waals surface area contributed by atoms with Gasteiger partial charge in [0, 0.05) is 0 Å². The lowest BCUT2D eigenvalue weighted by atomic mass is 9.81. The molecule has 0 saturated carbocycles. The molecule has 1 spiro atoms. The summed E-state index contributed by atoms with van der Waals surface area (Å²) in [4.78, 5) is 11.1. The molecule has 1 unspecified atom stereocenters. The van der Waals surface area contributed by atoms with E-state index >= 15 is 0 Å². The maximum Gasteiger partial charge on any atom is 0.223 e. The minimum Gasteiger partial charge on any atom is -0.497 e. The number of hydrogen-bond donors (Lipinski definition) is 1. The molecule has 0 radical (unpaired) electrons.